The monoisotopic (exact) mass is 237 g/mol. The van der Waals surface area contributed by atoms with Crippen LogP contribution in [0, 0.1) is 11.8 Å². The third kappa shape index (κ3) is 4.32. The summed E-state index contributed by atoms with van der Waals surface area (Å²) in [6.45, 7) is 2.16. The lowest BCUT2D eigenvalue weighted by molar-refractivity contribution is -0.137. The lowest BCUT2D eigenvalue weighted by Crippen LogP contribution is -2.33. The normalized spacial score (nSPS) is 28.3. The van der Waals surface area contributed by atoms with Crippen molar-refractivity contribution in [2.24, 2.45) is 11.8 Å². The van der Waals surface area contributed by atoms with Crippen LogP contribution in [0.5, 0.6) is 0 Å². The second-order valence-electron chi connectivity index (χ2n) is 4.90. The van der Waals surface area contributed by atoms with Crippen molar-refractivity contribution in [2.45, 2.75) is 57.7 Å². The summed E-state index contributed by atoms with van der Waals surface area (Å²) in [4.78, 5) is 0. The van der Waals surface area contributed by atoms with E-state index in [1.807, 2.05) is 0 Å². The van der Waals surface area contributed by atoms with Crippen molar-refractivity contribution in [3.05, 3.63) is 0 Å². The van der Waals surface area contributed by atoms with Gasteiger partial charge in [-0.05, 0) is 38.1 Å². The molecule has 3 unspecified atom stereocenters. The summed E-state index contributed by atoms with van der Waals surface area (Å²) >= 11 is 0. The van der Waals surface area contributed by atoms with Crippen LogP contribution in [0.4, 0.5) is 13.2 Å². The highest BCUT2D eigenvalue weighted by molar-refractivity contribution is 4.84. The van der Waals surface area contributed by atoms with E-state index in [0.717, 1.165) is 25.2 Å². The molecule has 0 amide bonds. The fraction of sp³-hybridized carbons (Fsp3) is 1.00. The number of alkyl halides is 3. The van der Waals surface area contributed by atoms with Crippen LogP contribution in [0.25, 0.3) is 0 Å². The second-order valence-corrected chi connectivity index (χ2v) is 4.90. The number of hydrogen-bond acceptors (Lipinski definition) is 1. The molecular formula is C12H22F3N. The Morgan fingerprint density at radius 3 is 2.44 bits per heavy atom. The number of rotatable bonds is 5. The van der Waals surface area contributed by atoms with Gasteiger partial charge in [0, 0.05) is 12.5 Å². The molecule has 4 heteroatoms. The van der Waals surface area contributed by atoms with E-state index in [-0.39, 0.29) is 12.5 Å². The molecule has 1 rings (SSSR count). The predicted molar refractivity (Wildman–Crippen MR) is 59.3 cm³/mol. The first-order chi connectivity index (χ1) is 7.46. The fourth-order valence-electron chi connectivity index (χ4n) is 2.78. The van der Waals surface area contributed by atoms with Crippen LogP contribution in [-0.2, 0) is 0 Å². The van der Waals surface area contributed by atoms with E-state index in [1.165, 1.54) is 6.42 Å². The Hall–Kier alpha value is -0.250. The van der Waals surface area contributed by atoms with Crippen molar-refractivity contribution in [2.75, 3.05) is 7.05 Å². The summed E-state index contributed by atoms with van der Waals surface area (Å²) in [6.07, 6.45) is 0.0735. The van der Waals surface area contributed by atoms with Crippen LogP contribution < -0.4 is 5.32 Å². The third-order valence-electron chi connectivity index (χ3n) is 3.84. The third-order valence-corrected chi connectivity index (χ3v) is 3.84. The standard InChI is InChI=1S/C12H22F3N/c1-3-9-4-5-10(8-9)11(16-2)6-7-12(13,14)15/h9-11,16H,3-8H2,1-2H3. The largest absolute Gasteiger partial charge is 0.389 e. The summed E-state index contributed by atoms with van der Waals surface area (Å²) < 4.78 is 36.5. The fourth-order valence-corrected chi connectivity index (χ4v) is 2.78. The SMILES string of the molecule is CCC1CCC(C(CCC(F)(F)F)NC)C1. The van der Waals surface area contributed by atoms with Crippen molar-refractivity contribution in [3.8, 4) is 0 Å². The average molecular weight is 237 g/mol. The van der Waals surface area contributed by atoms with Crippen molar-refractivity contribution in [1.82, 2.24) is 5.32 Å². The molecule has 0 spiro atoms. The topological polar surface area (TPSA) is 12.0 Å². The van der Waals surface area contributed by atoms with Gasteiger partial charge in [0.25, 0.3) is 0 Å². The highest BCUT2D eigenvalue weighted by Gasteiger charge is 2.33. The van der Waals surface area contributed by atoms with Crippen LogP contribution in [0.15, 0.2) is 0 Å². The summed E-state index contributed by atoms with van der Waals surface area (Å²) in [5.74, 6) is 1.17. The summed E-state index contributed by atoms with van der Waals surface area (Å²) in [5, 5.41) is 3.06. The quantitative estimate of drug-likeness (QED) is 0.768. The molecule has 1 N–H and O–H groups in total. The van der Waals surface area contributed by atoms with Crippen molar-refractivity contribution in [3.63, 3.8) is 0 Å². The molecule has 1 aliphatic rings. The first-order valence-corrected chi connectivity index (χ1v) is 6.20. The Bertz CT molecular complexity index is 203. The lowest BCUT2D eigenvalue weighted by Gasteiger charge is -2.23. The molecule has 1 fully saturated rings. The van der Waals surface area contributed by atoms with Crippen molar-refractivity contribution in [1.29, 1.82) is 0 Å². The van der Waals surface area contributed by atoms with E-state index in [0.29, 0.717) is 5.92 Å². The van der Waals surface area contributed by atoms with Gasteiger partial charge in [0.2, 0.25) is 0 Å². The van der Waals surface area contributed by atoms with Gasteiger partial charge in [-0.1, -0.05) is 19.8 Å². The molecular weight excluding hydrogens is 215 g/mol. The highest BCUT2D eigenvalue weighted by atomic mass is 19.4. The van der Waals surface area contributed by atoms with Crippen molar-refractivity contribution < 1.29 is 13.2 Å². The molecule has 0 aromatic carbocycles. The summed E-state index contributed by atoms with van der Waals surface area (Å²) in [5.41, 5.74) is 0. The van der Waals surface area contributed by atoms with Gasteiger partial charge >= 0.3 is 6.18 Å². The van der Waals surface area contributed by atoms with Gasteiger partial charge in [0.15, 0.2) is 0 Å². The van der Waals surface area contributed by atoms with Gasteiger partial charge < -0.3 is 5.32 Å². The van der Waals surface area contributed by atoms with Gasteiger partial charge in [-0.3, -0.25) is 0 Å². The van der Waals surface area contributed by atoms with E-state index in [1.54, 1.807) is 7.05 Å². The molecule has 0 aromatic rings. The van der Waals surface area contributed by atoms with Crippen LogP contribution in [0.1, 0.15) is 45.4 Å². The Morgan fingerprint density at radius 2 is 2.00 bits per heavy atom. The molecule has 16 heavy (non-hydrogen) atoms. The Kier molecular flexibility index (Phi) is 5.09. The minimum absolute atomic E-state index is 0.0400. The molecule has 1 saturated carbocycles. The molecule has 0 heterocycles. The number of halogens is 3. The lowest BCUT2D eigenvalue weighted by atomic mass is 9.92. The van der Waals surface area contributed by atoms with E-state index in [4.69, 9.17) is 0 Å². The Morgan fingerprint density at radius 1 is 1.31 bits per heavy atom. The smallest absolute Gasteiger partial charge is 0.317 e. The molecule has 0 aliphatic heterocycles. The maximum Gasteiger partial charge on any atom is 0.389 e. The van der Waals surface area contributed by atoms with Gasteiger partial charge in [-0.25, -0.2) is 0 Å². The molecule has 96 valence electrons. The minimum Gasteiger partial charge on any atom is -0.317 e. The van der Waals surface area contributed by atoms with Crippen molar-refractivity contribution >= 4 is 0 Å². The molecule has 0 bridgehead atoms. The zero-order chi connectivity index (χ0) is 12.2. The predicted octanol–water partition coefficient (Wildman–Crippen LogP) is 3.74. The molecule has 3 atom stereocenters. The van der Waals surface area contributed by atoms with E-state index in [2.05, 4.69) is 12.2 Å². The second kappa shape index (κ2) is 5.89. The van der Waals surface area contributed by atoms with Gasteiger partial charge in [-0.15, -0.1) is 0 Å². The summed E-state index contributed by atoms with van der Waals surface area (Å²) in [7, 11) is 1.78. The zero-order valence-corrected chi connectivity index (χ0v) is 10.1. The van der Waals surface area contributed by atoms with E-state index < -0.39 is 12.6 Å². The van der Waals surface area contributed by atoms with Crippen LogP contribution >= 0.6 is 0 Å². The Balaban J connectivity index is 2.37. The average Bonchev–Trinajstić information content (AvgIpc) is 2.65. The van der Waals surface area contributed by atoms with E-state index in [9.17, 15) is 13.2 Å². The molecule has 1 nitrogen and oxygen atoms in total. The molecule has 1 aliphatic carbocycles. The maximum atomic E-state index is 12.2. The first-order valence-electron chi connectivity index (χ1n) is 6.20. The maximum absolute atomic E-state index is 12.2. The van der Waals surface area contributed by atoms with Crippen LogP contribution in [-0.4, -0.2) is 19.3 Å². The Labute approximate surface area is 95.8 Å². The molecule has 0 radical (unpaired) electrons. The minimum atomic E-state index is -4.02. The molecule has 0 saturated heterocycles. The van der Waals surface area contributed by atoms with Gasteiger partial charge in [-0.2, -0.15) is 13.2 Å². The van der Waals surface area contributed by atoms with Gasteiger partial charge in [0.05, 0.1) is 0 Å². The van der Waals surface area contributed by atoms with Gasteiger partial charge in [0.1, 0.15) is 0 Å². The van der Waals surface area contributed by atoms with Crippen LogP contribution in [0.2, 0.25) is 0 Å². The van der Waals surface area contributed by atoms with Crippen LogP contribution in [0.3, 0.4) is 0 Å². The summed E-state index contributed by atoms with van der Waals surface area (Å²) in [6, 6.07) is 0.0400. The first kappa shape index (κ1) is 13.8. The number of nitrogens with one attached hydrogen (secondary N) is 1. The zero-order valence-electron chi connectivity index (χ0n) is 10.1. The highest BCUT2D eigenvalue weighted by Crippen LogP contribution is 2.36. The molecule has 0 aromatic heterocycles. The number of hydrogen-bond donors (Lipinski definition) is 1. The van der Waals surface area contributed by atoms with E-state index >= 15 is 0 Å².